The molecular formula is C16H22NO. The first-order valence-corrected chi connectivity index (χ1v) is 6.81. The van der Waals surface area contributed by atoms with Gasteiger partial charge in [-0.25, -0.2) is 0 Å². The Kier molecular flexibility index (Phi) is 4.05. The minimum absolute atomic E-state index is 0.0286. The van der Waals surface area contributed by atoms with Crippen LogP contribution in [0.3, 0.4) is 0 Å². The van der Waals surface area contributed by atoms with Gasteiger partial charge in [0.2, 0.25) is 5.91 Å². The van der Waals surface area contributed by atoms with Crippen molar-refractivity contribution in [1.29, 1.82) is 0 Å². The number of rotatable bonds is 3. The number of hydrogen-bond acceptors (Lipinski definition) is 1. The molecule has 1 aromatic rings. The lowest BCUT2D eigenvalue weighted by Gasteiger charge is -2.38. The number of hydrogen-bond donors (Lipinski definition) is 0. The SMILES string of the molecule is CN(C)C(=O)CC1(c2[c]cccc2)CCCCC1. The van der Waals surface area contributed by atoms with E-state index >= 15 is 0 Å². The van der Waals surface area contributed by atoms with E-state index in [4.69, 9.17) is 0 Å². The molecule has 0 heterocycles. The van der Waals surface area contributed by atoms with Gasteiger partial charge in [0.05, 0.1) is 0 Å². The molecule has 0 spiro atoms. The minimum Gasteiger partial charge on any atom is -0.349 e. The summed E-state index contributed by atoms with van der Waals surface area (Å²) in [6, 6.07) is 11.5. The molecule has 0 saturated heterocycles. The van der Waals surface area contributed by atoms with Gasteiger partial charge in [-0.3, -0.25) is 4.79 Å². The lowest BCUT2D eigenvalue weighted by atomic mass is 9.67. The standard InChI is InChI=1S/C16H22NO/c1-17(2)15(18)13-16(11-7-4-8-12-16)14-9-5-3-6-10-14/h3,5-6,9H,4,7-8,11-13H2,1-2H3. The Morgan fingerprint density at radius 3 is 2.56 bits per heavy atom. The summed E-state index contributed by atoms with van der Waals surface area (Å²) < 4.78 is 0. The molecule has 0 unspecified atom stereocenters. The van der Waals surface area contributed by atoms with E-state index in [1.54, 1.807) is 4.90 Å². The molecule has 1 aliphatic carbocycles. The van der Waals surface area contributed by atoms with Crippen molar-refractivity contribution in [3.8, 4) is 0 Å². The zero-order chi connectivity index (χ0) is 13.0. The van der Waals surface area contributed by atoms with Gasteiger partial charge in [-0.2, -0.15) is 0 Å². The van der Waals surface area contributed by atoms with Gasteiger partial charge < -0.3 is 4.90 Å². The van der Waals surface area contributed by atoms with Gasteiger partial charge in [0, 0.05) is 25.9 Å². The molecule has 18 heavy (non-hydrogen) atoms. The Balaban J connectivity index is 2.26. The molecule has 1 amide bonds. The fourth-order valence-corrected chi connectivity index (χ4v) is 2.94. The maximum Gasteiger partial charge on any atom is 0.222 e. The molecule has 1 fully saturated rings. The molecule has 0 bridgehead atoms. The molecule has 97 valence electrons. The maximum atomic E-state index is 12.1. The first kappa shape index (κ1) is 13.1. The summed E-state index contributed by atoms with van der Waals surface area (Å²) in [5, 5.41) is 0. The first-order chi connectivity index (χ1) is 8.64. The third kappa shape index (κ3) is 2.74. The van der Waals surface area contributed by atoms with E-state index in [0.717, 1.165) is 12.8 Å². The van der Waals surface area contributed by atoms with E-state index < -0.39 is 0 Å². The summed E-state index contributed by atoms with van der Waals surface area (Å²) in [7, 11) is 3.68. The van der Waals surface area contributed by atoms with Gasteiger partial charge in [0.15, 0.2) is 0 Å². The number of benzene rings is 1. The number of carbonyl (C=O) groups is 1. The third-order valence-corrected chi connectivity index (χ3v) is 4.08. The van der Waals surface area contributed by atoms with Gasteiger partial charge in [0.1, 0.15) is 0 Å². The van der Waals surface area contributed by atoms with Crippen molar-refractivity contribution in [1.82, 2.24) is 4.90 Å². The summed E-state index contributed by atoms with van der Waals surface area (Å²) >= 11 is 0. The van der Waals surface area contributed by atoms with Crippen LogP contribution in [-0.4, -0.2) is 24.9 Å². The van der Waals surface area contributed by atoms with E-state index in [1.807, 2.05) is 26.2 Å². The highest BCUT2D eigenvalue weighted by atomic mass is 16.2. The average molecular weight is 244 g/mol. The lowest BCUT2D eigenvalue weighted by Crippen LogP contribution is -2.36. The van der Waals surface area contributed by atoms with Crippen LogP contribution in [0.15, 0.2) is 24.3 Å². The molecular weight excluding hydrogens is 222 g/mol. The highest BCUT2D eigenvalue weighted by Crippen LogP contribution is 2.42. The van der Waals surface area contributed by atoms with Crippen LogP contribution in [0.25, 0.3) is 0 Å². The number of carbonyl (C=O) groups excluding carboxylic acids is 1. The van der Waals surface area contributed by atoms with E-state index in [0.29, 0.717) is 6.42 Å². The van der Waals surface area contributed by atoms with Crippen molar-refractivity contribution in [2.45, 2.75) is 43.9 Å². The molecule has 1 aliphatic rings. The molecule has 2 rings (SSSR count). The quantitative estimate of drug-likeness (QED) is 0.799. The summed E-state index contributed by atoms with van der Waals surface area (Å²) in [6.45, 7) is 0. The summed E-state index contributed by atoms with van der Waals surface area (Å²) in [6.07, 6.45) is 6.61. The van der Waals surface area contributed by atoms with Crippen LogP contribution in [-0.2, 0) is 10.2 Å². The fourth-order valence-electron chi connectivity index (χ4n) is 2.94. The van der Waals surface area contributed by atoms with Crippen LogP contribution in [0.1, 0.15) is 44.1 Å². The highest BCUT2D eigenvalue weighted by Gasteiger charge is 2.36. The number of nitrogens with zero attached hydrogens (tertiary/aromatic N) is 1. The van der Waals surface area contributed by atoms with Crippen molar-refractivity contribution in [2.75, 3.05) is 14.1 Å². The van der Waals surface area contributed by atoms with Gasteiger partial charge in [-0.05, 0) is 24.5 Å². The van der Waals surface area contributed by atoms with Crippen LogP contribution in [0.4, 0.5) is 0 Å². The number of amides is 1. The molecule has 0 atom stereocenters. The van der Waals surface area contributed by atoms with Crippen molar-refractivity contribution < 1.29 is 4.79 Å². The molecule has 0 aliphatic heterocycles. The van der Waals surface area contributed by atoms with Crippen molar-refractivity contribution >= 4 is 5.91 Å². The van der Waals surface area contributed by atoms with E-state index in [1.165, 1.54) is 24.8 Å². The molecule has 1 aromatic carbocycles. The summed E-state index contributed by atoms with van der Waals surface area (Å²) in [4.78, 5) is 13.8. The molecule has 2 heteroatoms. The van der Waals surface area contributed by atoms with E-state index in [-0.39, 0.29) is 11.3 Å². The largest absolute Gasteiger partial charge is 0.349 e. The Morgan fingerprint density at radius 1 is 1.28 bits per heavy atom. The maximum absolute atomic E-state index is 12.1. The van der Waals surface area contributed by atoms with Crippen LogP contribution >= 0.6 is 0 Å². The highest BCUT2D eigenvalue weighted by molar-refractivity contribution is 5.77. The van der Waals surface area contributed by atoms with Crippen LogP contribution < -0.4 is 0 Å². The Labute approximate surface area is 110 Å². The smallest absolute Gasteiger partial charge is 0.222 e. The van der Waals surface area contributed by atoms with Crippen molar-refractivity contribution in [3.63, 3.8) is 0 Å². The molecule has 1 radical (unpaired) electrons. The predicted octanol–water partition coefficient (Wildman–Crippen LogP) is 3.17. The molecule has 0 aromatic heterocycles. The first-order valence-electron chi connectivity index (χ1n) is 6.81. The van der Waals surface area contributed by atoms with E-state index in [9.17, 15) is 4.79 Å². The van der Waals surface area contributed by atoms with Crippen molar-refractivity contribution in [3.05, 3.63) is 35.9 Å². The summed E-state index contributed by atoms with van der Waals surface area (Å²) in [5.74, 6) is 0.231. The fraction of sp³-hybridized carbons (Fsp3) is 0.562. The Hall–Kier alpha value is -1.31. The van der Waals surface area contributed by atoms with Gasteiger partial charge in [-0.15, -0.1) is 0 Å². The normalized spacial score (nSPS) is 18.3. The Bertz CT molecular complexity index is 391. The predicted molar refractivity (Wildman–Crippen MR) is 73.4 cm³/mol. The molecule has 0 N–H and O–H groups in total. The second-order valence-corrected chi connectivity index (χ2v) is 5.58. The summed E-state index contributed by atoms with van der Waals surface area (Å²) in [5.41, 5.74) is 1.25. The van der Waals surface area contributed by atoms with E-state index in [2.05, 4.69) is 18.2 Å². The van der Waals surface area contributed by atoms with Gasteiger partial charge in [0.25, 0.3) is 0 Å². The molecule has 2 nitrogen and oxygen atoms in total. The van der Waals surface area contributed by atoms with Crippen LogP contribution in [0, 0.1) is 6.07 Å². The lowest BCUT2D eigenvalue weighted by molar-refractivity contribution is -0.130. The Morgan fingerprint density at radius 2 is 2.00 bits per heavy atom. The second-order valence-electron chi connectivity index (χ2n) is 5.58. The third-order valence-electron chi connectivity index (χ3n) is 4.08. The minimum atomic E-state index is 0.0286. The van der Waals surface area contributed by atoms with Gasteiger partial charge >= 0.3 is 0 Å². The average Bonchev–Trinajstić information content (AvgIpc) is 2.40. The molecule has 1 saturated carbocycles. The van der Waals surface area contributed by atoms with Gasteiger partial charge in [-0.1, -0.05) is 43.5 Å². The van der Waals surface area contributed by atoms with Crippen LogP contribution in [0.5, 0.6) is 0 Å². The zero-order valence-electron chi connectivity index (χ0n) is 11.4. The monoisotopic (exact) mass is 244 g/mol. The topological polar surface area (TPSA) is 20.3 Å². The van der Waals surface area contributed by atoms with Crippen molar-refractivity contribution in [2.24, 2.45) is 0 Å². The van der Waals surface area contributed by atoms with Crippen LogP contribution in [0.2, 0.25) is 0 Å². The second kappa shape index (κ2) is 5.55. The zero-order valence-corrected chi connectivity index (χ0v) is 11.4.